The molecule has 2 heterocycles. The fourth-order valence-electron chi connectivity index (χ4n) is 4.91. The Labute approximate surface area is 181 Å². The summed E-state index contributed by atoms with van der Waals surface area (Å²) >= 11 is 10.7. The van der Waals surface area contributed by atoms with Crippen LogP contribution in [-0.2, 0) is 27.2 Å². The van der Waals surface area contributed by atoms with Crippen molar-refractivity contribution >= 4 is 52.0 Å². The van der Waals surface area contributed by atoms with E-state index in [1.807, 2.05) is 0 Å². The van der Waals surface area contributed by atoms with Gasteiger partial charge in [0.15, 0.2) is 5.78 Å². The topological polar surface area (TPSA) is 75.3 Å². The number of nitrogens with one attached hydrogen (secondary N) is 2. The summed E-state index contributed by atoms with van der Waals surface area (Å²) in [4.78, 5) is 38.6. The van der Waals surface area contributed by atoms with Gasteiger partial charge < -0.3 is 15.4 Å². The third-order valence-corrected chi connectivity index (χ3v) is 7.23. The average molecular weight is 429 g/mol. The Hall–Kier alpha value is -1.67. The van der Waals surface area contributed by atoms with Gasteiger partial charge in [0, 0.05) is 29.2 Å². The van der Waals surface area contributed by atoms with Gasteiger partial charge >= 0.3 is 0 Å². The predicted molar refractivity (Wildman–Crippen MR) is 118 cm³/mol. The van der Waals surface area contributed by atoms with Crippen LogP contribution in [0.15, 0.2) is 24.3 Å². The minimum absolute atomic E-state index is 0.0221. The highest BCUT2D eigenvalue weighted by molar-refractivity contribution is 7.80. The van der Waals surface area contributed by atoms with Crippen LogP contribution in [0.3, 0.4) is 0 Å². The second kappa shape index (κ2) is 8.60. The van der Waals surface area contributed by atoms with Crippen LogP contribution in [0, 0.1) is 17.8 Å². The van der Waals surface area contributed by atoms with Crippen LogP contribution < -0.4 is 10.6 Å². The van der Waals surface area contributed by atoms with Gasteiger partial charge in [-0.3, -0.25) is 9.59 Å². The maximum atomic E-state index is 13.1. The number of carbonyl (C=O) groups excluding carboxylic acids is 3. The lowest BCUT2D eigenvalue weighted by Gasteiger charge is -2.22. The zero-order valence-electron chi connectivity index (χ0n) is 16.1. The van der Waals surface area contributed by atoms with Crippen LogP contribution in [0.5, 0.6) is 0 Å². The highest BCUT2D eigenvalue weighted by Gasteiger charge is 2.47. The quantitative estimate of drug-likeness (QED) is 0.503. The highest BCUT2D eigenvalue weighted by Crippen LogP contribution is 2.31. The van der Waals surface area contributed by atoms with E-state index in [-0.39, 0.29) is 11.6 Å². The number of rotatable bonds is 7. The van der Waals surface area contributed by atoms with Gasteiger partial charge in [-0.15, -0.1) is 0 Å². The first kappa shape index (κ1) is 20.6. The smallest absolute Gasteiger partial charge is 0.160 e. The van der Waals surface area contributed by atoms with Crippen LogP contribution in [0.1, 0.15) is 24.0 Å². The fraction of sp³-hybridized carbons (Fsp3) is 0.500. The monoisotopic (exact) mass is 428 g/mol. The molecule has 2 N–H and O–H groups in total. The van der Waals surface area contributed by atoms with Gasteiger partial charge in [0.2, 0.25) is 0 Å². The third kappa shape index (κ3) is 4.01. The van der Waals surface area contributed by atoms with E-state index in [1.54, 1.807) is 0 Å². The number of ketones is 2. The molecule has 1 aliphatic carbocycles. The molecule has 0 saturated carbocycles. The maximum absolute atomic E-state index is 13.1. The summed E-state index contributed by atoms with van der Waals surface area (Å²) in [5.41, 5.74) is 2.75. The summed E-state index contributed by atoms with van der Waals surface area (Å²) in [6.45, 7) is 0.739. The summed E-state index contributed by atoms with van der Waals surface area (Å²) in [7, 11) is 0. The van der Waals surface area contributed by atoms with Crippen LogP contribution in [0.4, 0.5) is 0 Å². The number of hydrogen-bond donors (Lipinski definition) is 2. The molecule has 2 aliphatic heterocycles. The zero-order valence-corrected chi connectivity index (χ0v) is 17.7. The van der Waals surface area contributed by atoms with Gasteiger partial charge in [-0.1, -0.05) is 48.7 Å². The summed E-state index contributed by atoms with van der Waals surface area (Å²) in [6.07, 6.45) is 3.95. The number of fused-ring (bicyclic) bond motifs is 1. The first-order valence-corrected chi connectivity index (χ1v) is 10.9. The molecule has 152 valence electrons. The van der Waals surface area contributed by atoms with E-state index in [4.69, 9.17) is 24.4 Å². The molecule has 0 bridgehead atoms. The molecule has 1 aromatic carbocycles. The van der Waals surface area contributed by atoms with Gasteiger partial charge in [-0.05, 0) is 36.3 Å². The molecule has 29 heavy (non-hydrogen) atoms. The highest BCUT2D eigenvalue weighted by atomic mass is 32.1. The molecule has 2 fully saturated rings. The van der Waals surface area contributed by atoms with Crippen LogP contribution in [0.25, 0.3) is 0 Å². The first-order chi connectivity index (χ1) is 14.0. The summed E-state index contributed by atoms with van der Waals surface area (Å²) in [5, 5.41) is 6.07. The molecule has 0 aromatic heterocycles. The van der Waals surface area contributed by atoms with Crippen LogP contribution in [0.2, 0.25) is 0 Å². The Kier molecular flexibility index (Phi) is 6.11. The lowest BCUT2D eigenvalue weighted by Crippen LogP contribution is -2.47. The van der Waals surface area contributed by atoms with Crippen molar-refractivity contribution in [3.05, 3.63) is 35.4 Å². The number of hydrogen-bond acceptors (Lipinski definition) is 7. The normalized spacial score (nSPS) is 29.2. The van der Waals surface area contributed by atoms with Gasteiger partial charge in [0.05, 0.1) is 23.9 Å². The van der Waals surface area contributed by atoms with E-state index in [0.717, 1.165) is 25.5 Å². The Morgan fingerprint density at radius 1 is 1.00 bits per heavy atom. The molecule has 4 rings (SSSR count). The summed E-state index contributed by atoms with van der Waals surface area (Å²) < 4.78 is 0. The second-order valence-electron chi connectivity index (χ2n) is 8.24. The molecule has 0 amide bonds. The van der Waals surface area contributed by atoms with Crippen molar-refractivity contribution in [3.63, 3.8) is 0 Å². The molecule has 2 unspecified atom stereocenters. The minimum atomic E-state index is -0.680. The molecule has 3 aliphatic rings. The van der Waals surface area contributed by atoms with E-state index in [0.29, 0.717) is 35.2 Å². The van der Waals surface area contributed by atoms with Gasteiger partial charge in [-0.2, -0.15) is 0 Å². The molecule has 1 aromatic rings. The number of thiocarbonyl (C=S) groups is 2. The van der Waals surface area contributed by atoms with Gasteiger partial charge in [0.25, 0.3) is 0 Å². The Morgan fingerprint density at radius 3 is 2.28 bits per heavy atom. The minimum Gasteiger partial charge on any atom is -0.302 e. The molecule has 5 nitrogen and oxygen atoms in total. The van der Waals surface area contributed by atoms with E-state index in [9.17, 15) is 14.4 Å². The molecule has 7 heteroatoms. The molecule has 4 atom stereocenters. The van der Waals surface area contributed by atoms with Gasteiger partial charge in [0.1, 0.15) is 12.1 Å². The van der Waals surface area contributed by atoms with Crippen molar-refractivity contribution in [2.45, 2.75) is 37.8 Å². The largest absolute Gasteiger partial charge is 0.302 e. The SMILES string of the molecule is O=C[C@H]1NCC(=S)C1C(=O)[C@H]1NCC(=S)C1C(=O)CCC1Cc2ccccc2C1. The lowest BCUT2D eigenvalue weighted by atomic mass is 9.82. The predicted octanol–water partition coefficient (Wildman–Crippen LogP) is 1.43. The Bertz CT molecular complexity index is 860. The number of benzene rings is 1. The van der Waals surface area contributed by atoms with Crippen molar-refractivity contribution in [1.82, 2.24) is 10.6 Å². The Morgan fingerprint density at radius 2 is 1.62 bits per heavy atom. The van der Waals surface area contributed by atoms with Crippen molar-refractivity contribution < 1.29 is 14.4 Å². The van der Waals surface area contributed by atoms with Crippen LogP contribution in [-0.4, -0.2) is 52.8 Å². The van der Waals surface area contributed by atoms with E-state index >= 15 is 0 Å². The molecular formula is C22H24N2O3S2. The summed E-state index contributed by atoms with van der Waals surface area (Å²) in [5.74, 6) is -0.977. The fourth-order valence-corrected chi connectivity index (χ4v) is 5.61. The second-order valence-corrected chi connectivity index (χ2v) is 9.29. The first-order valence-electron chi connectivity index (χ1n) is 10.1. The van der Waals surface area contributed by atoms with Crippen molar-refractivity contribution in [3.8, 4) is 0 Å². The number of aldehydes is 1. The van der Waals surface area contributed by atoms with Crippen molar-refractivity contribution in [2.75, 3.05) is 13.1 Å². The molecule has 0 spiro atoms. The lowest BCUT2D eigenvalue weighted by molar-refractivity contribution is -0.129. The average Bonchev–Trinajstić information content (AvgIpc) is 3.41. The van der Waals surface area contributed by atoms with E-state index < -0.39 is 23.9 Å². The zero-order chi connectivity index (χ0) is 20.5. The molecular weight excluding hydrogens is 404 g/mol. The van der Waals surface area contributed by atoms with E-state index in [1.165, 1.54) is 11.1 Å². The Balaban J connectivity index is 1.40. The van der Waals surface area contributed by atoms with Gasteiger partial charge in [-0.25, -0.2) is 0 Å². The van der Waals surface area contributed by atoms with E-state index in [2.05, 4.69) is 34.9 Å². The van der Waals surface area contributed by atoms with Crippen molar-refractivity contribution in [1.29, 1.82) is 0 Å². The van der Waals surface area contributed by atoms with Crippen LogP contribution >= 0.6 is 24.4 Å². The molecule has 0 radical (unpaired) electrons. The standard InChI is InChI=1S/C22H24N2O3S2/c25-11-15-19(17(28)9-23-15)22(27)21-20(18(29)10-24-21)16(26)6-5-12-7-13-3-1-2-4-14(13)8-12/h1-4,11-12,15,19-21,23-24H,5-10H2/t15-,19?,20?,21+/m1/s1. The maximum Gasteiger partial charge on any atom is 0.160 e. The summed E-state index contributed by atoms with van der Waals surface area (Å²) in [6, 6.07) is 7.13. The van der Waals surface area contributed by atoms with Crippen molar-refractivity contribution in [2.24, 2.45) is 17.8 Å². The molecule has 2 saturated heterocycles. The number of carbonyl (C=O) groups is 3. The third-order valence-electron chi connectivity index (χ3n) is 6.44. The number of Topliss-reactive ketones (excluding diaryl/α,β-unsaturated/α-hetero) is 2.